The summed E-state index contributed by atoms with van der Waals surface area (Å²) in [5.41, 5.74) is 9.25. The summed E-state index contributed by atoms with van der Waals surface area (Å²) in [6, 6.07) is 13.5. The fraction of sp³-hybridized carbons (Fsp3) is 0.231. The van der Waals surface area contributed by atoms with E-state index in [0.717, 1.165) is 10.4 Å². The molecule has 0 spiro atoms. The van der Waals surface area contributed by atoms with Crippen LogP contribution in [0, 0.1) is 0 Å². The van der Waals surface area contributed by atoms with Gasteiger partial charge in [-0.1, -0.05) is 35.4 Å². The standard InChI is InChI=1S/C13H13N3O2S/c14-16-15-8-10(17)13(18)12-7-6-11(19-12)9-4-2-1-3-5-9/h1-7,10,13,17-18H,8H2. The first-order chi connectivity index (χ1) is 9.22. The minimum absolute atomic E-state index is 0.143. The van der Waals surface area contributed by atoms with Crippen LogP contribution in [0.1, 0.15) is 11.0 Å². The lowest BCUT2D eigenvalue weighted by atomic mass is 10.1. The Balaban J connectivity index is 2.15. The van der Waals surface area contributed by atoms with Gasteiger partial charge in [0.15, 0.2) is 0 Å². The summed E-state index contributed by atoms with van der Waals surface area (Å²) in [5, 5.41) is 22.9. The van der Waals surface area contributed by atoms with Crippen molar-refractivity contribution in [1.82, 2.24) is 0 Å². The highest BCUT2D eigenvalue weighted by Gasteiger charge is 2.19. The predicted octanol–water partition coefficient (Wildman–Crippen LogP) is 3.12. The van der Waals surface area contributed by atoms with E-state index in [9.17, 15) is 10.2 Å². The molecule has 0 saturated carbocycles. The van der Waals surface area contributed by atoms with Crippen molar-refractivity contribution in [3.05, 3.63) is 57.8 Å². The third kappa shape index (κ3) is 3.33. The van der Waals surface area contributed by atoms with Gasteiger partial charge in [0.05, 0.1) is 12.6 Å². The van der Waals surface area contributed by atoms with Crippen molar-refractivity contribution in [3.63, 3.8) is 0 Å². The van der Waals surface area contributed by atoms with Crippen LogP contribution >= 0.6 is 11.3 Å². The maximum atomic E-state index is 9.95. The molecule has 2 N–H and O–H groups in total. The van der Waals surface area contributed by atoms with Gasteiger partial charge in [0.2, 0.25) is 0 Å². The first-order valence-corrected chi connectivity index (χ1v) is 6.56. The number of hydrogen-bond acceptors (Lipinski definition) is 4. The summed E-state index contributed by atoms with van der Waals surface area (Å²) in [6.45, 7) is -0.143. The van der Waals surface area contributed by atoms with E-state index in [1.54, 1.807) is 6.07 Å². The zero-order chi connectivity index (χ0) is 13.7. The molecule has 98 valence electrons. The van der Waals surface area contributed by atoms with Crippen molar-refractivity contribution in [3.8, 4) is 10.4 Å². The summed E-state index contributed by atoms with van der Waals surface area (Å²) in [7, 11) is 0. The molecular formula is C13H13N3O2S. The highest BCUT2D eigenvalue weighted by Crippen LogP contribution is 2.32. The van der Waals surface area contributed by atoms with Crippen LogP contribution in [0.3, 0.4) is 0 Å². The molecule has 2 atom stereocenters. The highest BCUT2D eigenvalue weighted by atomic mass is 32.1. The van der Waals surface area contributed by atoms with Gasteiger partial charge in [0.25, 0.3) is 0 Å². The fourth-order valence-electron chi connectivity index (χ4n) is 1.68. The monoisotopic (exact) mass is 275 g/mol. The van der Waals surface area contributed by atoms with Crippen LogP contribution in [0.5, 0.6) is 0 Å². The third-order valence-corrected chi connectivity index (χ3v) is 3.88. The summed E-state index contributed by atoms with van der Waals surface area (Å²) in [5.74, 6) is 0. The van der Waals surface area contributed by atoms with Gasteiger partial charge in [-0.15, -0.1) is 11.3 Å². The molecule has 0 fully saturated rings. The number of azide groups is 1. The van der Waals surface area contributed by atoms with E-state index in [0.29, 0.717) is 4.88 Å². The molecule has 1 aromatic heterocycles. The quantitative estimate of drug-likeness (QED) is 0.498. The number of rotatable bonds is 5. The predicted molar refractivity (Wildman–Crippen MR) is 74.7 cm³/mol. The Bertz CT molecular complexity index is 579. The van der Waals surface area contributed by atoms with Gasteiger partial charge >= 0.3 is 0 Å². The van der Waals surface area contributed by atoms with E-state index in [1.807, 2.05) is 36.4 Å². The highest BCUT2D eigenvalue weighted by molar-refractivity contribution is 7.15. The second-order valence-electron chi connectivity index (χ2n) is 3.99. The zero-order valence-electron chi connectivity index (χ0n) is 10.0. The lowest BCUT2D eigenvalue weighted by molar-refractivity contribution is 0.0266. The molecule has 5 nitrogen and oxygen atoms in total. The van der Waals surface area contributed by atoms with E-state index < -0.39 is 12.2 Å². The van der Waals surface area contributed by atoms with E-state index in [4.69, 9.17) is 5.53 Å². The number of thiophene rings is 1. The number of nitrogens with zero attached hydrogens (tertiary/aromatic N) is 3. The molecule has 0 aliphatic carbocycles. The molecular weight excluding hydrogens is 262 g/mol. The zero-order valence-corrected chi connectivity index (χ0v) is 10.9. The Labute approximate surface area is 114 Å². The van der Waals surface area contributed by atoms with Gasteiger partial charge in [0.1, 0.15) is 6.10 Å². The Morgan fingerprint density at radius 1 is 1.16 bits per heavy atom. The number of aliphatic hydroxyl groups is 2. The molecule has 6 heteroatoms. The number of hydrogen-bond donors (Lipinski definition) is 2. The summed E-state index contributed by atoms with van der Waals surface area (Å²) in [6.07, 6.45) is -2.12. The molecule has 1 aromatic carbocycles. The molecule has 2 unspecified atom stereocenters. The average molecular weight is 275 g/mol. The molecule has 0 bridgehead atoms. The summed E-state index contributed by atoms with van der Waals surface area (Å²) >= 11 is 1.41. The van der Waals surface area contributed by atoms with Gasteiger partial charge in [-0.3, -0.25) is 0 Å². The lowest BCUT2D eigenvalue weighted by Gasteiger charge is -2.13. The molecule has 0 aliphatic heterocycles. The Hall–Kier alpha value is -1.85. The van der Waals surface area contributed by atoms with Crippen molar-refractivity contribution in [2.75, 3.05) is 6.54 Å². The van der Waals surface area contributed by atoms with Crippen molar-refractivity contribution in [2.45, 2.75) is 12.2 Å². The van der Waals surface area contributed by atoms with Crippen molar-refractivity contribution >= 4 is 11.3 Å². The first-order valence-electron chi connectivity index (χ1n) is 5.74. The maximum Gasteiger partial charge on any atom is 0.114 e. The number of aliphatic hydroxyl groups excluding tert-OH is 2. The Morgan fingerprint density at radius 3 is 2.58 bits per heavy atom. The minimum atomic E-state index is -1.09. The van der Waals surface area contributed by atoms with Gasteiger partial charge in [0, 0.05) is 14.7 Å². The largest absolute Gasteiger partial charge is 0.390 e. The molecule has 0 aliphatic rings. The Morgan fingerprint density at radius 2 is 1.89 bits per heavy atom. The first kappa shape index (κ1) is 13.6. The van der Waals surface area contributed by atoms with E-state index in [1.165, 1.54) is 11.3 Å². The summed E-state index contributed by atoms with van der Waals surface area (Å²) < 4.78 is 0. The molecule has 2 aromatic rings. The van der Waals surface area contributed by atoms with Crippen LogP contribution in [0.25, 0.3) is 20.9 Å². The molecule has 2 rings (SSSR count). The van der Waals surface area contributed by atoms with Gasteiger partial charge < -0.3 is 10.2 Å². The fourth-order valence-corrected chi connectivity index (χ4v) is 2.74. The second kappa shape index (κ2) is 6.36. The lowest BCUT2D eigenvalue weighted by Crippen LogP contribution is -2.20. The van der Waals surface area contributed by atoms with E-state index in [2.05, 4.69) is 10.0 Å². The maximum absolute atomic E-state index is 9.95. The second-order valence-corrected chi connectivity index (χ2v) is 5.11. The van der Waals surface area contributed by atoms with Gasteiger partial charge in [-0.25, -0.2) is 0 Å². The molecule has 1 heterocycles. The smallest absolute Gasteiger partial charge is 0.114 e. The Kier molecular flexibility index (Phi) is 4.54. The molecule has 0 amide bonds. The van der Waals surface area contributed by atoms with Crippen molar-refractivity contribution in [2.24, 2.45) is 5.11 Å². The molecule has 19 heavy (non-hydrogen) atoms. The van der Waals surface area contributed by atoms with Crippen LogP contribution in [0.2, 0.25) is 0 Å². The van der Waals surface area contributed by atoms with Crippen LogP contribution in [-0.4, -0.2) is 22.9 Å². The third-order valence-electron chi connectivity index (χ3n) is 2.67. The average Bonchev–Trinajstić information content (AvgIpc) is 2.94. The minimum Gasteiger partial charge on any atom is -0.390 e. The van der Waals surface area contributed by atoms with Crippen LogP contribution in [-0.2, 0) is 0 Å². The topological polar surface area (TPSA) is 89.2 Å². The van der Waals surface area contributed by atoms with Gasteiger partial charge in [-0.2, -0.15) is 0 Å². The van der Waals surface area contributed by atoms with Crippen LogP contribution in [0.15, 0.2) is 47.6 Å². The van der Waals surface area contributed by atoms with Crippen LogP contribution in [0.4, 0.5) is 0 Å². The summed E-state index contributed by atoms with van der Waals surface area (Å²) in [4.78, 5) is 4.23. The normalized spacial score (nSPS) is 13.6. The van der Waals surface area contributed by atoms with Crippen molar-refractivity contribution in [1.29, 1.82) is 0 Å². The number of benzene rings is 1. The van der Waals surface area contributed by atoms with E-state index >= 15 is 0 Å². The SMILES string of the molecule is [N-]=[N+]=NCC(O)C(O)c1ccc(-c2ccccc2)s1. The van der Waals surface area contributed by atoms with Gasteiger partial charge in [-0.05, 0) is 23.2 Å². The van der Waals surface area contributed by atoms with E-state index in [-0.39, 0.29) is 6.54 Å². The molecule has 0 radical (unpaired) electrons. The van der Waals surface area contributed by atoms with Crippen molar-refractivity contribution < 1.29 is 10.2 Å². The molecule has 0 saturated heterocycles. The van der Waals surface area contributed by atoms with Crippen LogP contribution < -0.4 is 0 Å².